The van der Waals surface area contributed by atoms with Gasteiger partial charge < -0.3 is 15.1 Å². The Morgan fingerprint density at radius 2 is 1.77 bits per heavy atom. The fraction of sp³-hybridized carbons (Fsp3) is 0.278. The number of hydrogen-bond acceptors (Lipinski definition) is 3. The summed E-state index contributed by atoms with van der Waals surface area (Å²) in [5, 5.41) is 19.5. The summed E-state index contributed by atoms with van der Waals surface area (Å²) in [5.74, 6) is -0.241. The molecule has 0 radical (unpaired) electrons. The topological polar surface area (TPSA) is 60.8 Å². The third-order valence-corrected chi connectivity index (χ3v) is 4.23. The predicted octanol–water partition coefficient (Wildman–Crippen LogP) is 2.60. The number of amides is 1. The molecular formula is C18H19NO3. The average molecular weight is 297 g/mol. The van der Waals surface area contributed by atoms with Crippen LogP contribution in [0.25, 0.3) is 0 Å². The fourth-order valence-corrected chi connectivity index (χ4v) is 2.97. The van der Waals surface area contributed by atoms with Gasteiger partial charge in [-0.25, -0.2) is 0 Å². The van der Waals surface area contributed by atoms with Gasteiger partial charge in [0, 0.05) is 13.1 Å². The van der Waals surface area contributed by atoms with Crippen LogP contribution in [0.15, 0.2) is 36.4 Å². The van der Waals surface area contributed by atoms with E-state index in [2.05, 4.69) is 0 Å². The van der Waals surface area contributed by atoms with E-state index in [1.807, 2.05) is 31.2 Å². The third-order valence-electron chi connectivity index (χ3n) is 4.23. The summed E-state index contributed by atoms with van der Waals surface area (Å²) in [7, 11) is 0. The number of carbonyl (C=O) groups is 1. The molecule has 0 fully saturated rings. The summed E-state index contributed by atoms with van der Waals surface area (Å²) in [6, 6.07) is 11.2. The lowest BCUT2D eigenvalue weighted by molar-refractivity contribution is 0.0748. The van der Waals surface area contributed by atoms with Crippen molar-refractivity contribution in [1.29, 1.82) is 0 Å². The van der Waals surface area contributed by atoms with E-state index in [4.69, 9.17) is 0 Å². The van der Waals surface area contributed by atoms with Gasteiger partial charge in [0.05, 0.1) is 12.2 Å². The summed E-state index contributed by atoms with van der Waals surface area (Å²) in [6.45, 7) is 2.96. The number of hydrogen-bond donors (Lipinski definition) is 2. The third kappa shape index (κ3) is 2.46. The first-order valence-corrected chi connectivity index (χ1v) is 7.45. The monoisotopic (exact) mass is 297 g/mol. The number of nitrogens with zero attached hydrogens (tertiary/aromatic N) is 1. The van der Waals surface area contributed by atoms with Gasteiger partial charge in [0.2, 0.25) is 0 Å². The van der Waals surface area contributed by atoms with E-state index in [0.29, 0.717) is 30.6 Å². The van der Waals surface area contributed by atoms with Crippen molar-refractivity contribution in [3.05, 3.63) is 64.2 Å². The van der Waals surface area contributed by atoms with Crippen LogP contribution in [0.3, 0.4) is 0 Å². The van der Waals surface area contributed by atoms with Crippen LogP contribution in [0.4, 0.5) is 0 Å². The molecule has 0 atom stereocenters. The molecule has 1 amide bonds. The van der Waals surface area contributed by atoms with E-state index in [9.17, 15) is 15.0 Å². The molecular weight excluding hydrogens is 278 g/mol. The molecule has 3 rings (SSSR count). The molecule has 0 aliphatic carbocycles. The van der Waals surface area contributed by atoms with Crippen LogP contribution in [0.5, 0.6) is 5.75 Å². The van der Waals surface area contributed by atoms with Crippen molar-refractivity contribution in [1.82, 2.24) is 4.90 Å². The van der Waals surface area contributed by atoms with Crippen LogP contribution < -0.4 is 0 Å². The molecule has 2 aromatic rings. The van der Waals surface area contributed by atoms with Crippen molar-refractivity contribution in [2.45, 2.75) is 33.0 Å². The maximum absolute atomic E-state index is 12.7. The summed E-state index contributed by atoms with van der Waals surface area (Å²) in [6.07, 6.45) is 0.705. The van der Waals surface area contributed by atoms with Crippen LogP contribution in [-0.2, 0) is 26.1 Å². The first-order chi connectivity index (χ1) is 10.6. The summed E-state index contributed by atoms with van der Waals surface area (Å²) in [5.41, 5.74) is 4.17. The molecule has 0 unspecified atom stereocenters. The summed E-state index contributed by atoms with van der Waals surface area (Å²) < 4.78 is 0. The van der Waals surface area contributed by atoms with Crippen LogP contribution >= 0.6 is 0 Å². The largest absolute Gasteiger partial charge is 0.507 e. The Hall–Kier alpha value is -2.33. The Morgan fingerprint density at radius 3 is 2.32 bits per heavy atom. The number of fused-ring (bicyclic) bond motifs is 1. The van der Waals surface area contributed by atoms with Gasteiger partial charge in [-0.05, 0) is 40.8 Å². The Morgan fingerprint density at radius 1 is 1.14 bits per heavy atom. The van der Waals surface area contributed by atoms with Gasteiger partial charge in [0.15, 0.2) is 0 Å². The van der Waals surface area contributed by atoms with Crippen molar-refractivity contribution in [2.24, 2.45) is 0 Å². The normalized spacial score (nSPS) is 13.3. The molecule has 2 aromatic carbocycles. The van der Waals surface area contributed by atoms with Gasteiger partial charge >= 0.3 is 0 Å². The number of phenolic OH excluding ortho intramolecular Hbond substituents is 1. The average Bonchev–Trinajstić information content (AvgIpc) is 2.97. The molecule has 2 N–H and O–H groups in total. The van der Waals surface area contributed by atoms with E-state index in [0.717, 1.165) is 16.7 Å². The highest BCUT2D eigenvalue weighted by atomic mass is 16.3. The first-order valence-electron chi connectivity index (χ1n) is 7.45. The van der Waals surface area contributed by atoms with Crippen molar-refractivity contribution in [3.8, 4) is 5.75 Å². The summed E-state index contributed by atoms with van der Waals surface area (Å²) >= 11 is 0. The second-order valence-corrected chi connectivity index (χ2v) is 5.58. The van der Waals surface area contributed by atoms with Gasteiger partial charge in [-0.1, -0.05) is 31.2 Å². The molecule has 0 spiro atoms. The Balaban J connectivity index is 1.91. The van der Waals surface area contributed by atoms with E-state index in [-0.39, 0.29) is 18.3 Å². The minimum absolute atomic E-state index is 0.0674. The Bertz CT molecular complexity index is 699. The molecule has 22 heavy (non-hydrogen) atoms. The van der Waals surface area contributed by atoms with Crippen molar-refractivity contribution >= 4 is 5.91 Å². The number of phenols is 1. The minimum Gasteiger partial charge on any atom is -0.507 e. The zero-order valence-corrected chi connectivity index (χ0v) is 12.5. The predicted molar refractivity (Wildman–Crippen MR) is 83.4 cm³/mol. The molecule has 0 aromatic heterocycles. The molecule has 4 heteroatoms. The van der Waals surface area contributed by atoms with E-state index >= 15 is 0 Å². The van der Waals surface area contributed by atoms with Crippen LogP contribution in [0, 0.1) is 0 Å². The number of carbonyl (C=O) groups excluding carboxylic acids is 1. The highest BCUT2D eigenvalue weighted by Crippen LogP contribution is 2.29. The van der Waals surface area contributed by atoms with Crippen molar-refractivity contribution in [3.63, 3.8) is 0 Å². The van der Waals surface area contributed by atoms with Gasteiger partial charge in [0.25, 0.3) is 5.91 Å². The van der Waals surface area contributed by atoms with Crippen molar-refractivity contribution < 1.29 is 15.0 Å². The van der Waals surface area contributed by atoms with Crippen LogP contribution in [0.2, 0.25) is 0 Å². The van der Waals surface area contributed by atoms with E-state index < -0.39 is 0 Å². The lowest BCUT2D eigenvalue weighted by Gasteiger charge is -2.18. The molecule has 114 valence electrons. The maximum Gasteiger partial charge on any atom is 0.258 e. The SMILES string of the molecule is CCc1cc(C(=O)N2Cc3ccccc3C2)c(O)cc1CO. The smallest absolute Gasteiger partial charge is 0.258 e. The maximum atomic E-state index is 12.7. The Kier molecular flexibility index (Phi) is 3.86. The number of rotatable bonds is 3. The van der Waals surface area contributed by atoms with Crippen molar-refractivity contribution in [2.75, 3.05) is 0 Å². The molecule has 1 aliphatic rings. The second-order valence-electron chi connectivity index (χ2n) is 5.58. The summed E-state index contributed by atoms with van der Waals surface area (Å²) in [4.78, 5) is 14.4. The number of aliphatic hydroxyl groups excluding tert-OH is 1. The molecule has 4 nitrogen and oxygen atoms in total. The lowest BCUT2D eigenvalue weighted by Crippen LogP contribution is -2.25. The highest BCUT2D eigenvalue weighted by molar-refractivity contribution is 5.97. The highest BCUT2D eigenvalue weighted by Gasteiger charge is 2.26. The first kappa shape index (κ1) is 14.6. The quantitative estimate of drug-likeness (QED) is 0.915. The number of aryl methyl sites for hydroxylation is 1. The van der Waals surface area contributed by atoms with Gasteiger partial charge in [-0.2, -0.15) is 0 Å². The zero-order chi connectivity index (χ0) is 15.7. The zero-order valence-electron chi connectivity index (χ0n) is 12.5. The second kappa shape index (κ2) is 5.81. The van der Waals surface area contributed by atoms with Gasteiger partial charge in [-0.15, -0.1) is 0 Å². The minimum atomic E-state index is -0.173. The molecule has 0 saturated carbocycles. The molecule has 1 aliphatic heterocycles. The lowest BCUT2D eigenvalue weighted by atomic mass is 10.0. The standard InChI is InChI=1S/C18H19NO3/c1-2-12-7-16(17(21)8-15(12)11-20)18(22)19-9-13-5-3-4-6-14(13)10-19/h3-8,20-21H,2,9-11H2,1H3. The Labute approximate surface area is 129 Å². The number of aromatic hydroxyl groups is 1. The van der Waals surface area contributed by atoms with Crippen LogP contribution in [0.1, 0.15) is 39.5 Å². The van der Waals surface area contributed by atoms with E-state index in [1.54, 1.807) is 11.0 Å². The number of aliphatic hydroxyl groups is 1. The van der Waals surface area contributed by atoms with Crippen LogP contribution in [-0.4, -0.2) is 21.0 Å². The van der Waals surface area contributed by atoms with Gasteiger partial charge in [0.1, 0.15) is 5.75 Å². The molecule has 1 heterocycles. The van der Waals surface area contributed by atoms with Gasteiger partial charge in [-0.3, -0.25) is 4.79 Å². The molecule has 0 bridgehead atoms. The molecule has 0 saturated heterocycles. The van der Waals surface area contributed by atoms with E-state index in [1.165, 1.54) is 6.07 Å². The number of benzene rings is 2. The fourth-order valence-electron chi connectivity index (χ4n) is 2.97.